The van der Waals surface area contributed by atoms with Crippen LogP contribution in [0.2, 0.25) is 5.02 Å². The molecule has 0 radical (unpaired) electrons. The van der Waals surface area contributed by atoms with Crippen molar-refractivity contribution in [3.8, 4) is 28.3 Å². The second-order valence-corrected chi connectivity index (χ2v) is 6.05. The number of hydrogen-bond acceptors (Lipinski definition) is 4. The van der Waals surface area contributed by atoms with Gasteiger partial charge in [0.1, 0.15) is 5.75 Å². The molecule has 26 heavy (non-hydrogen) atoms. The SMILES string of the molecule is Clc1ccccc1-c1nc(COc2ccccc2-c2ccccc2)no1. The van der Waals surface area contributed by atoms with Crippen LogP contribution in [0.5, 0.6) is 5.75 Å². The molecule has 4 rings (SSSR count). The lowest BCUT2D eigenvalue weighted by Gasteiger charge is -2.10. The fraction of sp³-hybridized carbons (Fsp3) is 0.0476. The summed E-state index contributed by atoms with van der Waals surface area (Å²) in [4.78, 5) is 4.37. The number of nitrogens with zero attached hydrogens (tertiary/aromatic N) is 2. The molecule has 0 saturated carbocycles. The average molecular weight is 363 g/mol. The van der Waals surface area contributed by atoms with Gasteiger partial charge in [-0.05, 0) is 23.8 Å². The average Bonchev–Trinajstić information content (AvgIpc) is 3.16. The highest BCUT2D eigenvalue weighted by Gasteiger charge is 2.13. The summed E-state index contributed by atoms with van der Waals surface area (Å²) in [6.45, 7) is 0.206. The summed E-state index contributed by atoms with van der Waals surface area (Å²) in [6.07, 6.45) is 0. The van der Waals surface area contributed by atoms with Gasteiger partial charge in [0.15, 0.2) is 6.61 Å². The molecule has 1 aromatic heterocycles. The Labute approximate surface area is 156 Å². The molecule has 0 aliphatic rings. The van der Waals surface area contributed by atoms with Crippen molar-refractivity contribution in [1.82, 2.24) is 10.1 Å². The molecule has 0 amide bonds. The molecule has 3 aromatic carbocycles. The second-order valence-electron chi connectivity index (χ2n) is 5.65. The molecule has 0 aliphatic heterocycles. The summed E-state index contributed by atoms with van der Waals surface area (Å²) in [6, 6.07) is 25.3. The Bertz CT molecular complexity index is 1020. The van der Waals surface area contributed by atoms with E-state index >= 15 is 0 Å². The normalized spacial score (nSPS) is 10.7. The number of rotatable bonds is 5. The first-order chi connectivity index (χ1) is 12.8. The van der Waals surface area contributed by atoms with Gasteiger partial charge in [0, 0.05) is 5.56 Å². The van der Waals surface area contributed by atoms with Gasteiger partial charge in [0.2, 0.25) is 5.82 Å². The van der Waals surface area contributed by atoms with Gasteiger partial charge in [-0.2, -0.15) is 4.98 Å². The van der Waals surface area contributed by atoms with Gasteiger partial charge in [-0.15, -0.1) is 0 Å². The molecule has 128 valence electrons. The molecule has 0 N–H and O–H groups in total. The Morgan fingerprint density at radius 3 is 2.31 bits per heavy atom. The van der Waals surface area contributed by atoms with Crippen molar-refractivity contribution >= 4 is 11.6 Å². The van der Waals surface area contributed by atoms with Crippen LogP contribution in [0.4, 0.5) is 0 Å². The minimum atomic E-state index is 0.206. The maximum Gasteiger partial charge on any atom is 0.259 e. The van der Waals surface area contributed by atoms with Gasteiger partial charge in [-0.25, -0.2) is 0 Å². The molecular formula is C21H15ClN2O2. The van der Waals surface area contributed by atoms with Crippen LogP contribution in [0.1, 0.15) is 5.82 Å². The molecule has 0 fully saturated rings. The first-order valence-corrected chi connectivity index (χ1v) is 8.54. The molecule has 0 unspecified atom stereocenters. The second kappa shape index (κ2) is 7.42. The molecule has 4 aromatic rings. The molecular weight excluding hydrogens is 348 g/mol. The molecule has 0 spiro atoms. The Morgan fingerprint density at radius 2 is 1.50 bits per heavy atom. The maximum absolute atomic E-state index is 6.17. The fourth-order valence-electron chi connectivity index (χ4n) is 2.65. The lowest BCUT2D eigenvalue weighted by atomic mass is 10.1. The third kappa shape index (κ3) is 3.46. The van der Waals surface area contributed by atoms with Crippen molar-refractivity contribution in [2.24, 2.45) is 0 Å². The van der Waals surface area contributed by atoms with Crippen molar-refractivity contribution in [3.63, 3.8) is 0 Å². The highest BCUT2D eigenvalue weighted by Crippen LogP contribution is 2.30. The lowest BCUT2D eigenvalue weighted by Crippen LogP contribution is -1.99. The van der Waals surface area contributed by atoms with Crippen LogP contribution < -0.4 is 4.74 Å². The number of benzene rings is 3. The number of para-hydroxylation sites is 1. The molecule has 1 heterocycles. The van der Waals surface area contributed by atoms with E-state index < -0.39 is 0 Å². The Hall–Kier alpha value is -3.11. The number of hydrogen-bond donors (Lipinski definition) is 0. The first kappa shape index (κ1) is 16.4. The first-order valence-electron chi connectivity index (χ1n) is 8.16. The Balaban J connectivity index is 1.53. The van der Waals surface area contributed by atoms with Crippen LogP contribution in [0.3, 0.4) is 0 Å². The van der Waals surface area contributed by atoms with Gasteiger partial charge in [0.05, 0.1) is 10.6 Å². The van der Waals surface area contributed by atoms with Gasteiger partial charge in [-0.1, -0.05) is 77.4 Å². The summed E-state index contributed by atoms with van der Waals surface area (Å²) in [5, 5.41) is 4.55. The van der Waals surface area contributed by atoms with E-state index in [1.54, 1.807) is 6.07 Å². The zero-order valence-corrected chi connectivity index (χ0v) is 14.6. The number of ether oxygens (including phenoxy) is 1. The van der Waals surface area contributed by atoms with E-state index in [1.807, 2.05) is 72.8 Å². The summed E-state index contributed by atoms with van der Waals surface area (Å²) in [5.41, 5.74) is 2.81. The fourth-order valence-corrected chi connectivity index (χ4v) is 2.86. The largest absolute Gasteiger partial charge is 0.485 e. The van der Waals surface area contributed by atoms with E-state index in [1.165, 1.54) is 0 Å². The van der Waals surface area contributed by atoms with Crippen molar-refractivity contribution < 1.29 is 9.26 Å². The van der Waals surface area contributed by atoms with E-state index in [0.29, 0.717) is 22.3 Å². The lowest BCUT2D eigenvalue weighted by molar-refractivity contribution is 0.288. The van der Waals surface area contributed by atoms with Gasteiger partial charge in [0.25, 0.3) is 5.89 Å². The third-order valence-electron chi connectivity index (χ3n) is 3.90. The zero-order valence-electron chi connectivity index (χ0n) is 13.8. The van der Waals surface area contributed by atoms with Crippen LogP contribution in [0.25, 0.3) is 22.6 Å². The van der Waals surface area contributed by atoms with Crippen LogP contribution in [-0.2, 0) is 6.61 Å². The van der Waals surface area contributed by atoms with Crippen molar-refractivity contribution in [3.05, 3.63) is 89.7 Å². The predicted molar refractivity (Wildman–Crippen MR) is 101 cm³/mol. The smallest absolute Gasteiger partial charge is 0.259 e. The Kier molecular flexibility index (Phi) is 4.67. The maximum atomic E-state index is 6.17. The summed E-state index contributed by atoms with van der Waals surface area (Å²) in [5.74, 6) is 1.61. The Morgan fingerprint density at radius 1 is 0.808 bits per heavy atom. The minimum absolute atomic E-state index is 0.206. The summed E-state index contributed by atoms with van der Waals surface area (Å²) < 4.78 is 11.2. The van der Waals surface area contributed by atoms with Crippen LogP contribution in [0, 0.1) is 0 Å². The highest BCUT2D eigenvalue weighted by atomic mass is 35.5. The standard InChI is InChI=1S/C21H15ClN2O2/c22-18-12-6-4-11-17(18)21-23-20(24-26-21)14-25-19-13-7-5-10-16(19)15-8-2-1-3-9-15/h1-13H,14H2. The van der Waals surface area contributed by atoms with E-state index in [9.17, 15) is 0 Å². The predicted octanol–water partition coefficient (Wildman–Crippen LogP) is 5.64. The van der Waals surface area contributed by atoms with E-state index in [0.717, 1.165) is 16.9 Å². The minimum Gasteiger partial charge on any atom is -0.485 e. The van der Waals surface area contributed by atoms with Gasteiger partial charge in [-0.3, -0.25) is 0 Å². The molecule has 0 atom stereocenters. The van der Waals surface area contributed by atoms with Crippen molar-refractivity contribution in [2.75, 3.05) is 0 Å². The number of halogens is 1. The van der Waals surface area contributed by atoms with Crippen LogP contribution in [-0.4, -0.2) is 10.1 Å². The van der Waals surface area contributed by atoms with E-state index in [2.05, 4.69) is 10.1 Å². The topological polar surface area (TPSA) is 48.2 Å². The van der Waals surface area contributed by atoms with Gasteiger partial charge < -0.3 is 9.26 Å². The zero-order chi connectivity index (χ0) is 17.8. The monoisotopic (exact) mass is 362 g/mol. The van der Waals surface area contributed by atoms with Gasteiger partial charge >= 0.3 is 0 Å². The van der Waals surface area contributed by atoms with E-state index in [-0.39, 0.29) is 6.61 Å². The van der Waals surface area contributed by atoms with Crippen LogP contribution in [0.15, 0.2) is 83.4 Å². The van der Waals surface area contributed by atoms with E-state index in [4.69, 9.17) is 20.9 Å². The summed E-state index contributed by atoms with van der Waals surface area (Å²) in [7, 11) is 0. The highest BCUT2D eigenvalue weighted by molar-refractivity contribution is 6.33. The summed E-state index contributed by atoms with van der Waals surface area (Å²) >= 11 is 6.17. The third-order valence-corrected chi connectivity index (χ3v) is 4.23. The molecule has 0 saturated heterocycles. The number of aromatic nitrogens is 2. The molecule has 4 nitrogen and oxygen atoms in total. The van der Waals surface area contributed by atoms with Crippen molar-refractivity contribution in [1.29, 1.82) is 0 Å². The quantitative estimate of drug-likeness (QED) is 0.461. The van der Waals surface area contributed by atoms with Crippen molar-refractivity contribution in [2.45, 2.75) is 6.61 Å². The molecule has 0 bridgehead atoms. The molecule has 5 heteroatoms. The molecule has 0 aliphatic carbocycles. The van der Waals surface area contributed by atoms with Crippen LogP contribution >= 0.6 is 11.6 Å².